The van der Waals surface area contributed by atoms with Crippen LogP contribution in [0.4, 0.5) is 0 Å². The first kappa shape index (κ1) is 12.5. The topological polar surface area (TPSA) is 30.7 Å². The van der Waals surface area contributed by atoms with Crippen LogP contribution >= 0.6 is 11.6 Å². The summed E-state index contributed by atoms with van der Waals surface area (Å²) in [6.45, 7) is 6.53. The normalized spacial score (nSPS) is 13.1. The Labute approximate surface area is 96.8 Å². The molecule has 1 atom stereocenters. The highest BCUT2D eigenvalue weighted by atomic mass is 35.5. The van der Waals surface area contributed by atoms with E-state index in [1.165, 1.54) is 6.42 Å². The van der Waals surface area contributed by atoms with Crippen LogP contribution in [-0.4, -0.2) is 14.8 Å². The van der Waals surface area contributed by atoms with Crippen LogP contribution in [0.2, 0.25) is 5.28 Å². The van der Waals surface area contributed by atoms with E-state index in [1.54, 1.807) is 0 Å². The monoisotopic (exact) mass is 229 g/mol. The van der Waals surface area contributed by atoms with Gasteiger partial charge in [-0.05, 0) is 30.9 Å². The maximum absolute atomic E-state index is 6.08. The van der Waals surface area contributed by atoms with Gasteiger partial charge in [-0.15, -0.1) is 10.2 Å². The molecular weight excluding hydrogens is 210 g/mol. The van der Waals surface area contributed by atoms with Crippen LogP contribution in [-0.2, 0) is 6.42 Å². The van der Waals surface area contributed by atoms with Crippen LogP contribution in [0.5, 0.6) is 0 Å². The van der Waals surface area contributed by atoms with Crippen molar-refractivity contribution in [2.45, 2.75) is 58.9 Å². The van der Waals surface area contributed by atoms with Crippen molar-refractivity contribution in [2.75, 3.05) is 0 Å². The Balaban J connectivity index is 2.92. The van der Waals surface area contributed by atoms with Gasteiger partial charge < -0.3 is 0 Å². The number of hydrogen-bond acceptors (Lipinski definition) is 2. The molecule has 1 aromatic rings. The Kier molecular flexibility index (Phi) is 5.09. The summed E-state index contributed by atoms with van der Waals surface area (Å²) in [7, 11) is 0. The third kappa shape index (κ3) is 2.94. The van der Waals surface area contributed by atoms with Gasteiger partial charge in [-0.25, -0.2) is 0 Å². The molecule has 15 heavy (non-hydrogen) atoms. The number of hydrogen-bond donors (Lipinski definition) is 0. The van der Waals surface area contributed by atoms with Crippen LogP contribution < -0.4 is 0 Å². The van der Waals surface area contributed by atoms with E-state index < -0.39 is 0 Å². The molecule has 0 N–H and O–H groups in total. The molecule has 1 rings (SSSR count). The van der Waals surface area contributed by atoms with Crippen molar-refractivity contribution < 1.29 is 0 Å². The average Bonchev–Trinajstić information content (AvgIpc) is 2.58. The summed E-state index contributed by atoms with van der Waals surface area (Å²) < 4.78 is 2.11. The van der Waals surface area contributed by atoms with Gasteiger partial charge in [0.05, 0.1) is 0 Å². The fourth-order valence-electron chi connectivity index (χ4n) is 1.91. The van der Waals surface area contributed by atoms with E-state index in [-0.39, 0.29) is 0 Å². The minimum Gasteiger partial charge on any atom is -0.299 e. The Bertz CT molecular complexity index is 296. The van der Waals surface area contributed by atoms with Crippen molar-refractivity contribution in [1.29, 1.82) is 0 Å². The fraction of sp³-hybridized carbons (Fsp3) is 0.818. The second-order valence-electron chi connectivity index (χ2n) is 3.86. The van der Waals surface area contributed by atoms with Crippen LogP contribution in [0.1, 0.15) is 58.3 Å². The van der Waals surface area contributed by atoms with Gasteiger partial charge in [-0.3, -0.25) is 4.57 Å². The maximum Gasteiger partial charge on any atom is 0.225 e. The minimum absolute atomic E-state index is 0.457. The largest absolute Gasteiger partial charge is 0.299 e. The van der Waals surface area contributed by atoms with Gasteiger partial charge in [0.2, 0.25) is 5.28 Å². The van der Waals surface area contributed by atoms with Crippen molar-refractivity contribution in [3.63, 3.8) is 0 Å². The number of nitrogens with zero attached hydrogens (tertiary/aromatic N) is 3. The van der Waals surface area contributed by atoms with Gasteiger partial charge in [0.15, 0.2) is 0 Å². The SMILES string of the molecule is CCCc1nnc(Cl)n1C(CC)CCC. The minimum atomic E-state index is 0.457. The van der Waals surface area contributed by atoms with Crippen molar-refractivity contribution in [3.8, 4) is 0 Å². The highest BCUT2D eigenvalue weighted by Crippen LogP contribution is 2.24. The molecular formula is C11H20ClN3. The molecule has 3 nitrogen and oxygen atoms in total. The first-order chi connectivity index (χ1) is 7.24. The Morgan fingerprint density at radius 1 is 1.20 bits per heavy atom. The Hall–Kier alpha value is -0.570. The molecule has 0 aromatic carbocycles. The molecule has 0 radical (unpaired) electrons. The van der Waals surface area contributed by atoms with E-state index in [0.29, 0.717) is 11.3 Å². The van der Waals surface area contributed by atoms with Gasteiger partial charge in [0.25, 0.3) is 0 Å². The molecule has 0 aliphatic rings. The Morgan fingerprint density at radius 2 is 1.93 bits per heavy atom. The second kappa shape index (κ2) is 6.11. The predicted molar refractivity (Wildman–Crippen MR) is 63.3 cm³/mol. The first-order valence-corrected chi connectivity index (χ1v) is 6.21. The third-order valence-corrected chi connectivity index (χ3v) is 2.91. The molecule has 4 heteroatoms. The molecule has 0 aliphatic heterocycles. The molecule has 0 saturated carbocycles. The number of aromatic nitrogens is 3. The van der Waals surface area contributed by atoms with E-state index in [0.717, 1.165) is 31.5 Å². The summed E-state index contributed by atoms with van der Waals surface area (Å²) in [6.07, 6.45) is 5.43. The lowest BCUT2D eigenvalue weighted by atomic mass is 10.1. The highest BCUT2D eigenvalue weighted by molar-refractivity contribution is 6.28. The van der Waals surface area contributed by atoms with Crippen molar-refractivity contribution in [1.82, 2.24) is 14.8 Å². The van der Waals surface area contributed by atoms with E-state index >= 15 is 0 Å². The summed E-state index contributed by atoms with van der Waals surface area (Å²) >= 11 is 6.08. The molecule has 0 bridgehead atoms. The molecule has 0 spiro atoms. The van der Waals surface area contributed by atoms with Gasteiger partial charge in [-0.1, -0.05) is 27.2 Å². The van der Waals surface area contributed by atoms with Crippen LogP contribution in [0.15, 0.2) is 0 Å². The standard InChI is InChI=1S/C11H20ClN3/c1-4-7-9(6-3)15-10(8-5-2)13-14-11(15)12/h9H,4-8H2,1-3H3. The van der Waals surface area contributed by atoms with Gasteiger partial charge in [0.1, 0.15) is 5.82 Å². The molecule has 0 aliphatic carbocycles. The molecule has 1 aromatic heterocycles. The predicted octanol–water partition coefficient (Wildman–Crippen LogP) is 3.64. The average molecular weight is 230 g/mol. The van der Waals surface area contributed by atoms with Crippen molar-refractivity contribution in [2.24, 2.45) is 0 Å². The summed E-state index contributed by atoms with van der Waals surface area (Å²) in [5.41, 5.74) is 0. The zero-order chi connectivity index (χ0) is 11.3. The Morgan fingerprint density at radius 3 is 2.47 bits per heavy atom. The molecule has 0 fully saturated rings. The zero-order valence-electron chi connectivity index (χ0n) is 9.83. The lowest BCUT2D eigenvalue weighted by Crippen LogP contribution is -2.12. The van der Waals surface area contributed by atoms with E-state index in [1.807, 2.05) is 0 Å². The van der Waals surface area contributed by atoms with Crippen molar-refractivity contribution >= 4 is 11.6 Å². The molecule has 1 unspecified atom stereocenters. The summed E-state index contributed by atoms with van der Waals surface area (Å²) in [5.74, 6) is 1.03. The number of aryl methyl sites for hydroxylation is 1. The van der Waals surface area contributed by atoms with Crippen molar-refractivity contribution in [3.05, 3.63) is 11.1 Å². The van der Waals surface area contributed by atoms with E-state index in [4.69, 9.17) is 11.6 Å². The first-order valence-electron chi connectivity index (χ1n) is 5.83. The van der Waals surface area contributed by atoms with Crippen LogP contribution in [0, 0.1) is 0 Å². The quantitative estimate of drug-likeness (QED) is 0.746. The third-order valence-electron chi connectivity index (χ3n) is 2.66. The van der Waals surface area contributed by atoms with Gasteiger partial charge in [-0.2, -0.15) is 0 Å². The summed E-state index contributed by atoms with van der Waals surface area (Å²) in [4.78, 5) is 0. The van der Waals surface area contributed by atoms with E-state index in [9.17, 15) is 0 Å². The number of rotatable bonds is 6. The van der Waals surface area contributed by atoms with E-state index in [2.05, 4.69) is 35.5 Å². The van der Waals surface area contributed by atoms with Crippen LogP contribution in [0.25, 0.3) is 0 Å². The van der Waals surface area contributed by atoms with Gasteiger partial charge >= 0.3 is 0 Å². The lowest BCUT2D eigenvalue weighted by molar-refractivity contribution is 0.432. The summed E-state index contributed by atoms with van der Waals surface area (Å²) in [5, 5.41) is 8.64. The highest BCUT2D eigenvalue weighted by Gasteiger charge is 2.16. The smallest absolute Gasteiger partial charge is 0.225 e. The molecule has 86 valence electrons. The maximum atomic E-state index is 6.08. The fourth-order valence-corrected chi connectivity index (χ4v) is 2.18. The molecule has 0 saturated heterocycles. The molecule has 0 amide bonds. The lowest BCUT2D eigenvalue weighted by Gasteiger charge is -2.18. The zero-order valence-corrected chi connectivity index (χ0v) is 10.6. The van der Waals surface area contributed by atoms with Gasteiger partial charge in [0, 0.05) is 12.5 Å². The number of halogens is 1. The molecule has 1 heterocycles. The van der Waals surface area contributed by atoms with Crippen LogP contribution in [0.3, 0.4) is 0 Å². The second-order valence-corrected chi connectivity index (χ2v) is 4.19. The summed E-state index contributed by atoms with van der Waals surface area (Å²) in [6, 6.07) is 0.457.